The number of methoxy groups -OCH3 is 1. The van der Waals surface area contributed by atoms with Gasteiger partial charge in [0.25, 0.3) is 0 Å². The predicted octanol–water partition coefficient (Wildman–Crippen LogP) is 2.88. The maximum Gasteiger partial charge on any atom is 0.250 e. The van der Waals surface area contributed by atoms with Crippen molar-refractivity contribution in [2.75, 3.05) is 25.6 Å². The molecule has 0 saturated carbocycles. The first-order valence-corrected chi connectivity index (χ1v) is 13.8. The maximum atomic E-state index is 14.0. The van der Waals surface area contributed by atoms with E-state index in [1.54, 1.807) is 36.3 Å². The molecule has 0 aromatic heterocycles. The van der Waals surface area contributed by atoms with Crippen LogP contribution in [-0.2, 0) is 25.7 Å². The van der Waals surface area contributed by atoms with E-state index in [2.05, 4.69) is 10.6 Å². The van der Waals surface area contributed by atoms with Gasteiger partial charge < -0.3 is 30.1 Å². The summed E-state index contributed by atoms with van der Waals surface area (Å²) in [6, 6.07) is 15.9. The Kier molecular flexibility index (Phi) is 8.18. The monoisotopic (exact) mass is 535 g/mol. The van der Waals surface area contributed by atoms with E-state index in [1.165, 1.54) is 0 Å². The lowest BCUT2D eigenvalue weighted by Gasteiger charge is -2.33. The first kappa shape index (κ1) is 27.1. The van der Waals surface area contributed by atoms with Gasteiger partial charge in [-0.2, -0.15) is 0 Å². The summed E-state index contributed by atoms with van der Waals surface area (Å²) < 4.78 is 11.7. The largest absolute Gasteiger partial charge is 0.497 e. The quantitative estimate of drug-likeness (QED) is 0.360. The molecular formula is C30H37N3O6. The summed E-state index contributed by atoms with van der Waals surface area (Å²) in [7, 11) is 1.58. The van der Waals surface area contributed by atoms with E-state index in [9.17, 15) is 14.4 Å². The lowest BCUT2D eigenvalue weighted by Crippen LogP contribution is -2.53. The number of carbonyl (C=O) groups is 3. The topological polar surface area (TPSA) is 117 Å². The van der Waals surface area contributed by atoms with Gasteiger partial charge in [0, 0.05) is 25.4 Å². The van der Waals surface area contributed by atoms with Crippen LogP contribution < -0.4 is 15.4 Å². The Morgan fingerprint density at radius 2 is 1.79 bits per heavy atom. The Hall–Kier alpha value is -3.43. The number of nitrogens with zero attached hydrogens (tertiary/aromatic N) is 1. The Bertz CT molecular complexity index is 1170. The molecule has 0 aliphatic carbocycles. The molecule has 3 aliphatic heterocycles. The van der Waals surface area contributed by atoms with Crippen molar-refractivity contribution < 1.29 is 29.0 Å². The number of ether oxygens (including phenoxy) is 2. The zero-order valence-electron chi connectivity index (χ0n) is 22.3. The van der Waals surface area contributed by atoms with Crippen molar-refractivity contribution in [1.82, 2.24) is 10.2 Å². The van der Waals surface area contributed by atoms with Gasteiger partial charge in [-0.05, 0) is 55.5 Å². The van der Waals surface area contributed by atoms with Gasteiger partial charge in [0.05, 0.1) is 25.0 Å². The van der Waals surface area contributed by atoms with Crippen molar-refractivity contribution in [2.24, 2.45) is 11.8 Å². The highest BCUT2D eigenvalue weighted by Crippen LogP contribution is 2.58. The summed E-state index contributed by atoms with van der Waals surface area (Å²) in [6.07, 6.45) is 3.88. The van der Waals surface area contributed by atoms with Crippen LogP contribution in [0.2, 0.25) is 0 Å². The van der Waals surface area contributed by atoms with Crippen LogP contribution in [0, 0.1) is 11.8 Å². The Morgan fingerprint density at radius 3 is 2.51 bits per heavy atom. The van der Waals surface area contributed by atoms with E-state index in [4.69, 9.17) is 14.6 Å². The SMILES string of the molecule is COc1ccc(NC(=O)C2N(CCCCCCO)C(=O)[C@@H]3[C@@H](C(=O)NCc4ccccc4)[C@H]4CCC23O4)cc1. The van der Waals surface area contributed by atoms with Crippen LogP contribution in [0.4, 0.5) is 5.69 Å². The van der Waals surface area contributed by atoms with Crippen molar-refractivity contribution in [3.05, 3.63) is 60.2 Å². The second-order valence-electron chi connectivity index (χ2n) is 10.6. The standard InChI is InChI=1S/C30H37N3O6/c1-38-22-13-11-21(12-14-22)32-28(36)26-30-16-15-23(39-30)24(27(35)31-19-20-9-5-4-6-10-20)25(30)29(37)33(26)17-7-2-3-8-18-34/h4-6,9-14,23-26,34H,2-3,7-8,15-19H2,1H3,(H,31,35)(H,32,36)/t23-,24+,25+,26?,30?/m1/s1. The van der Waals surface area contributed by atoms with Crippen molar-refractivity contribution in [3.63, 3.8) is 0 Å². The van der Waals surface area contributed by atoms with E-state index >= 15 is 0 Å². The summed E-state index contributed by atoms with van der Waals surface area (Å²) in [5, 5.41) is 15.1. The van der Waals surface area contributed by atoms with E-state index in [-0.39, 0.29) is 24.3 Å². The fourth-order valence-electron chi connectivity index (χ4n) is 6.53. The Labute approximate surface area is 228 Å². The number of unbranched alkanes of at least 4 members (excludes halogenated alkanes) is 3. The van der Waals surface area contributed by atoms with Crippen molar-refractivity contribution in [1.29, 1.82) is 0 Å². The smallest absolute Gasteiger partial charge is 0.250 e. The third-order valence-corrected chi connectivity index (χ3v) is 8.33. The number of rotatable bonds is 12. The van der Waals surface area contributed by atoms with E-state index in [0.717, 1.165) is 18.4 Å². The lowest BCUT2D eigenvalue weighted by atomic mass is 9.70. The third kappa shape index (κ3) is 5.25. The number of aliphatic hydroxyl groups is 1. The van der Waals surface area contributed by atoms with Gasteiger partial charge in [0.15, 0.2) is 0 Å². The predicted molar refractivity (Wildman–Crippen MR) is 145 cm³/mol. The van der Waals surface area contributed by atoms with Crippen LogP contribution in [0.3, 0.4) is 0 Å². The maximum absolute atomic E-state index is 14.0. The van der Waals surface area contributed by atoms with Crippen molar-refractivity contribution >= 4 is 23.4 Å². The molecule has 9 nitrogen and oxygen atoms in total. The molecular weight excluding hydrogens is 498 g/mol. The molecule has 5 atom stereocenters. The average Bonchev–Trinajstić information content (AvgIpc) is 3.60. The van der Waals surface area contributed by atoms with Gasteiger partial charge in [-0.1, -0.05) is 43.2 Å². The molecule has 3 fully saturated rings. The molecule has 3 amide bonds. The number of amides is 3. The fourth-order valence-corrected chi connectivity index (χ4v) is 6.53. The number of aliphatic hydroxyl groups excluding tert-OH is 1. The number of fused-ring (bicyclic) bond motifs is 1. The molecule has 3 N–H and O–H groups in total. The van der Waals surface area contributed by atoms with Crippen LogP contribution in [0.1, 0.15) is 44.1 Å². The van der Waals surface area contributed by atoms with Crippen molar-refractivity contribution in [2.45, 2.75) is 62.8 Å². The number of benzene rings is 2. The van der Waals surface area contributed by atoms with E-state index in [1.807, 2.05) is 30.3 Å². The lowest BCUT2D eigenvalue weighted by molar-refractivity contribution is -0.141. The molecule has 3 aliphatic rings. The number of hydrogen-bond acceptors (Lipinski definition) is 6. The van der Waals surface area contributed by atoms with Crippen LogP contribution in [0.5, 0.6) is 5.75 Å². The van der Waals surface area contributed by atoms with Crippen LogP contribution in [-0.4, -0.2) is 65.7 Å². The highest BCUT2D eigenvalue weighted by molar-refractivity contribution is 6.03. The van der Waals surface area contributed by atoms with Gasteiger partial charge in [-0.3, -0.25) is 14.4 Å². The zero-order valence-corrected chi connectivity index (χ0v) is 22.3. The minimum absolute atomic E-state index is 0.135. The van der Waals surface area contributed by atoms with Gasteiger partial charge in [0.1, 0.15) is 17.4 Å². The van der Waals surface area contributed by atoms with Gasteiger partial charge in [0.2, 0.25) is 17.7 Å². The Balaban J connectivity index is 1.37. The zero-order chi connectivity index (χ0) is 27.4. The van der Waals surface area contributed by atoms with E-state index in [0.29, 0.717) is 50.2 Å². The molecule has 2 aromatic rings. The molecule has 2 bridgehead atoms. The van der Waals surface area contributed by atoms with Crippen LogP contribution in [0.25, 0.3) is 0 Å². The number of nitrogens with one attached hydrogen (secondary N) is 2. The molecule has 3 heterocycles. The molecule has 3 saturated heterocycles. The summed E-state index contributed by atoms with van der Waals surface area (Å²) in [5.41, 5.74) is 0.544. The number of carbonyl (C=O) groups excluding carboxylic acids is 3. The molecule has 39 heavy (non-hydrogen) atoms. The minimum Gasteiger partial charge on any atom is -0.497 e. The number of hydrogen-bond donors (Lipinski definition) is 3. The second-order valence-corrected chi connectivity index (χ2v) is 10.6. The van der Waals surface area contributed by atoms with Crippen LogP contribution in [0.15, 0.2) is 54.6 Å². The summed E-state index contributed by atoms with van der Waals surface area (Å²) >= 11 is 0. The highest BCUT2D eigenvalue weighted by atomic mass is 16.5. The first-order chi connectivity index (χ1) is 19.0. The minimum atomic E-state index is -1.03. The summed E-state index contributed by atoms with van der Waals surface area (Å²) in [5.74, 6) is -1.36. The normalized spacial score (nSPS) is 26.9. The molecule has 208 valence electrons. The Morgan fingerprint density at radius 1 is 1.05 bits per heavy atom. The second kappa shape index (κ2) is 11.8. The molecule has 0 radical (unpaired) electrons. The van der Waals surface area contributed by atoms with Gasteiger partial charge in [-0.25, -0.2) is 0 Å². The molecule has 2 unspecified atom stereocenters. The van der Waals surface area contributed by atoms with Crippen molar-refractivity contribution in [3.8, 4) is 5.75 Å². The molecule has 2 aromatic carbocycles. The van der Waals surface area contributed by atoms with Crippen LogP contribution >= 0.6 is 0 Å². The molecule has 1 spiro atoms. The average molecular weight is 536 g/mol. The number of likely N-dealkylation sites (tertiary alicyclic amines) is 1. The summed E-state index contributed by atoms with van der Waals surface area (Å²) in [4.78, 5) is 42.9. The van der Waals surface area contributed by atoms with Gasteiger partial charge >= 0.3 is 0 Å². The first-order valence-electron chi connectivity index (χ1n) is 13.8. The molecule has 5 rings (SSSR count). The highest BCUT2D eigenvalue weighted by Gasteiger charge is 2.74. The molecule has 9 heteroatoms. The fraction of sp³-hybridized carbons (Fsp3) is 0.500. The summed E-state index contributed by atoms with van der Waals surface area (Å²) in [6.45, 7) is 0.901. The van der Waals surface area contributed by atoms with E-state index < -0.39 is 29.6 Å². The third-order valence-electron chi connectivity index (χ3n) is 8.33. The van der Waals surface area contributed by atoms with Gasteiger partial charge in [-0.15, -0.1) is 0 Å². The number of anilines is 1.